The number of carbonyl (C=O) groups excluding carboxylic acids is 3. The van der Waals surface area contributed by atoms with Crippen LogP contribution in [0.25, 0.3) is 0 Å². The van der Waals surface area contributed by atoms with E-state index in [4.69, 9.17) is 15.2 Å². The highest BCUT2D eigenvalue weighted by Gasteiger charge is 2.36. The van der Waals surface area contributed by atoms with Crippen molar-refractivity contribution in [2.24, 2.45) is 10.7 Å². The van der Waals surface area contributed by atoms with Gasteiger partial charge in [-0.05, 0) is 104 Å². The number of benzene rings is 2. The molecule has 1 aliphatic heterocycles. The number of rotatable bonds is 11. The summed E-state index contributed by atoms with van der Waals surface area (Å²) in [6, 6.07) is 11.1. The third kappa shape index (κ3) is 17.2. The Morgan fingerprint density at radius 1 is 1.08 bits per heavy atom. The van der Waals surface area contributed by atoms with Crippen molar-refractivity contribution in [2.45, 2.75) is 131 Å². The Morgan fingerprint density at radius 3 is 2.18 bits per heavy atom. The van der Waals surface area contributed by atoms with Crippen molar-refractivity contribution >= 4 is 34.1 Å². The maximum absolute atomic E-state index is 12.8. The molecular formula is C38H63N5O7S. The fourth-order valence-corrected chi connectivity index (χ4v) is 6.42. The molecule has 2 aromatic rings. The van der Waals surface area contributed by atoms with Crippen molar-refractivity contribution in [3.8, 4) is 5.75 Å². The standard InChI is InChI=1S/C17H27N3O3S.C10H15N.C9H15NO4.C2H6/c1-7-8-19-16(18)20-24(21,22)15-11(3)10(2)14-13(12(15)4)9-17(5,6)23-14;1-9(11-2)8-10-6-4-3-5-7-10;1-9(2,3)14-8(13)6-7(12)10-4-5-11;1-2/h7-9H2,1-6H3,(H3,18,19,20);3-7,9,11H,8H2,1-2H3;5H,4,6H2,1-3H3,(H,10,12);1-2H3/t;9-;;/m.0../s1. The van der Waals surface area contributed by atoms with E-state index in [9.17, 15) is 22.8 Å². The molecule has 1 aliphatic rings. The summed E-state index contributed by atoms with van der Waals surface area (Å²) in [5.41, 5.74) is 9.38. The predicted molar refractivity (Wildman–Crippen MR) is 206 cm³/mol. The molecule has 2 aromatic carbocycles. The number of ether oxygens (including phenoxy) is 2. The molecule has 0 aliphatic carbocycles. The average Bonchev–Trinajstić information content (AvgIpc) is 3.38. The van der Waals surface area contributed by atoms with Crippen LogP contribution in [-0.4, -0.2) is 69.9 Å². The van der Waals surface area contributed by atoms with E-state index in [0.717, 1.165) is 35.3 Å². The smallest absolute Gasteiger partial charge is 0.315 e. The van der Waals surface area contributed by atoms with Crippen molar-refractivity contribution < 1.29 is 32.3 Å². The van der Waals surface area contributed by atoms with E-state index in [2.05, 4.69) is 51.5 Å². The lowest BCUT2D eigenvalue weighted by Gasteiger charge is -2.19. The first-order valence-corrected chi connectivity index (χ1v) is 18.9. The maximum atomic E-state index is 12.8. The number of nitrogens with zero attached hydrogens (tertiary/aromatic N) is 1. The van der Waals surface area contributed by atoms with Gasteiger partial charge in [-0.25, -0.2) is 13.1 Å². The zero-order chi connectivity index (χ0) is 39.6. The second-order valence-corrected chi connectivity index (χ2v) is 15.2. The monoisotopic (exact) mass is 733 g/mol. The number of sulfonamides is 1. The Bertz CT molecular complexity index is 1550. The third-order valence-electron chi connectivity index (χ3n) is 7.29. The van der Waals surface area contributed by atoms with Gasteiger partial charge in [0.1, 0.15) is 29.7 Å². The van der Waals surface area contributed by atoms with Gasteiger partial charge in [0.15, 0.2) is 0 Å². The Labute approximate surface area is 306 Å². The third-order valence-corrected chi connectivity index (χ3v) is 8.92. The van der Waals surface area contributed by atoms with Crippen LogP contribution in [0.2, 0.25) is 0 Å². The van der Waals surface area contributed by atoms with Gasteiger partial charge < -0.3 is 30.6 Å². The molecule has 1 atom stereocenters. The molecule has 13 heteroatoms. The molecule has 0 spiro atoms. The Morgan fingerprint density at radius 2 is 1.67 bits per heavy atom. The molecule has 0 saturated carbocycles. The Kier molecular flexibility index (Phi) is 20.4. The van der Waals surface area contributed by atoms with E-state index in [1.54, 1.807) is 27.7 Å². The molecule has 5 N–H and O–H groups in total. The molecule has 3 rings (SSSR count). The van der Waals surface area contributed by atoms with Crippen molar-refractivity contribution in [1.29, 1.82) is 0 Å². The van der Waals surface area contributed by atoms with Crippen LogP contribution in [-0.2, 0) is 42.0 Å². The number of hydrogen-bond donors (Lipinski definition) is 4. The molecule has 0 fully saturated rings. The first-order valence-electron chi connectivity index (χ1n) is 17.5. The van der Waals surface area contributed by atoms with Crippen LogP contribution < -0.4 is 25.8 Å². The highest BCUT2D eigenvalue weighted by atomic mass is 32.2. The van der Waals surface area contributed by atoms with E-state index in [-0.39, 0.29) is 29.4 Å². The summed E-state index contributed by atoms with van der Waals surface area (Å²) in [6.45, 7) is 23.2. The first kappa shape index (κ1) is 47.0. The van der Waals surface area contributed by atoms with E-state index in [0.29, 0.717) is 30.9 Å². The summed E-state index contributed by atoms with van der Waals surface area (Å²) < 4.78 is 39.0. The lowest BCUT2D eigenvalue weighted by molar-refractivity contribution is -0.156. The number of likely N-dealkylation sites (N-methyl/N-ethyl adjacent to an activating group) is 1. The molecule has 288 valence electrons. The van der Waals surface area contributed by atoms with Crippen molar-refractivity contribution in [3.05, 3.63) is 58.1 Å². The van der Waals surface area contributed by atoms with Crippen LogP contribution in [0.5, 0.6) is 5.75 Å². The highest BCUT2D eigenvalue weighted by Crippen LogP contribution is 2.43. The zero-order valence-corrected chi connectivity index (χ0v) is 33.9. The zero-order valence-electron chi connectivity index (χ0n) is 33.1. The number of nitrogens with two attached hydrogens (primary N) is 1. The largest absolute Gasteiger partial charge is 0.487 e. The number of nitrogens with one attached hydrogen (secondary N) is 3. The maximum Gasteiger partial charge on any atom is 0.315 e. The summed E-state index contributed by atoms with van der Waals surface area (Å²) >= 11 is 0. The highest BCUT2D eigenvalue weighted by molar-refractivity contribution is 7.90. The van der Waals surface area contributed by atoms with Gasteiger partial charge in [-0.2, -0.15) is 0 Å². The molecule has 1 amide bonds. The minimum atomic E-state index is -3.79. The summed E-state index contributed by atoms with van der Waals surface area (Å²) in [5.74, 6) is -0.376. The SMILES string of the molecule is CC.CC(C)(C)OC(=O)CC(=O)NCC=O.CCCN=C(N)NS(=O)(=O)c1c(C)c(C)c2c(c1C)CC(C)(C)O2.CN[C@@H](C)Cc1ccccc1. The summed E-state index contributed by atoms with van der Waals surface area (Å²) in [7, 11) is -1.80. The fraction of sp³-hybridized carbons (Fsp3) is 0.579. The fourth-order valence-electron chi connectivity index (χ4n) is 4.90. The van der Waals surface area contributed by atoms with E-state index in [1.165, 1.54) is 5.56 Å². The molecule has 0 bridgehead atoms. The van der Waals surface area contributed by atoms with Crippen LogP contribution in [0.4, 0.5) is 0 Å². The lowest BCUT2D eigenvalue weighted by Crippen LogP contribution is -2.37. The number of carbonyl (C=O) groups is 3. The molecule has 1 heterocycles. The number of amides is 1. The average molecular weight is 734 g/mol. The molecule has 0 radical (unpaired) electrons. The number of fused-ring (bicyclic) bond motifs is 1. The quantitative estimate of drug-likeness (QED) is 0.0792. The molecule has 0 saturated heterocycles. The lowest BCUT2D eigenvalue weighted by atomic mass is 9.94. The summed E-state index contributed by atoms with van der Waals surface area (Å²) in [5, 5.41) is 5.45. The van der Waals surface area contributed by atoms with Crippen molar-refractivity contribution in [3.63, 3.8) is 0 Å². The number of esters is 1. The molecular weight excluding hydrogens is 671 g/mol. The van der Waals surface area contributed by atoms with Gasteiger partial charge in [-0.3, -0.25) is 14.6 Å². The van der Waals surface area contributed by atoms with E-state index in [1.807, 2.05) is 61.6 Å². The van der Waals surface area contributed by atoms with Crippen LogP contribution in [0.15, 0.2) is 40.2 Å². The minimum Gasteiger partial charge on any atom is -0.487 e. The predicted octanol–water partition coefficient (Wildman–Crippen LogP) is 5.22. The van der Waals surface area contributed by atoms with Crippen LogP contribution in [0.3, 0.4) is 0 Å². The van der Waals surface area contributed by atoms with Crippen LogP contribution in [0, 0.1) is 20.8 Å². The van der Waals surface area contributed by atoms with E-state index < -0.39 is 27.5 Å². The van der Waals surface area contributed by atoms with Gasteiger partial charge in [0.25, 0.3) is 10.0 Å². The molecule has 12 nitrogen and oxygen atoms in total. The van der Waals surface area contributed by atoms with Gasteiger partial charge in [0.2, 0.25) is 11.9 Å². The number of hydrogen-bond acceptors (Lipinski definition) is 9. The second-order valence-electron chi connectivity index (χ2n) is 13.5. The Balaban J connectivity index is 0.000000786. The minimum absolute atomic E-state index is 0.0784. The van der Waals surface area contributed by atoms with Gasteiger partial charge in [-0.15, -0.1) is 0 Å². The van der Waals surface area contributed by atoms with E-state index >= 15 is 0 Å². The number of aldehydes is 1. The van der Waals surface area contributed by atoms with Crippen LogP contribution in [0.1, 0.15) is 103 Å². The molecule has 0 unspecified atom stereocenters. The number of guanidine groups is 1. The molecule has 0 aromatic heterocycles. The normalized spacial score (nSPS) is 13.6. The van der Waals surface area contributed by atoms with Crippen LogP contribution >= 0.6 is 0 Å². The van der Waals surface area contributed by atoms with Gasteiger partial charge in [0.05, 0.1) is 11.4 Å². The summed E-state index contributed by atoms with van der Waals surface area (Å²) in [4.78, 5) is 36.2. The van der Waals surface area contributed by atoms with Gasteiger partial charge in [0, 0.05) is 24.6 Å². The first-order chi connectivity index (χ1) is 23.7. The molecule has 51 heavy (non-hydrogen) atoms. The van der Waals surface area contributed by atoms with Crippen molar-refractivity contribution in [2.75, 3.05) is 20.1 Å². The Hall–Kier alpha value is -3.97. The topological polar surface area (TPSA) is 178 Å². The number of aliphatic imine (C=N–C) groups is 1. The van der Waals surface area contributed by atoms with Crippen molar-refractivity contribution in [1.82, 2.24) is 15.4 Å². The summed E-state index contributed by atoms with van der Waals surface area (Å²) in [6.07, 6.45) is 2.78. The second kappa shape index (κ2) is 22.1. The van der Waals surface area contributed by atoms with Gasteiger partial charge >= 0.3 is 5.97 Å². The van der Waals surface area contributed by atoms with Gasteiger partial charge in [-0.1, -0.05) is 51.1 Å².